The van der Waals surface area contributed by atoms with Crippen LogP contribution in [0.15, 0.2) is 12.4 Å². The first-order valence-electron chi connectivity index (χ1n) is 10.1. The molecule has 28 heavy (non-hydrogen) atoms. The fourth-order valence-electron chi connectivity index (χ4n) is 3.42. The van der Waals surface area contributed by atoms with Gasteiger partial charge in [0.1, 0.15) is 5.82 Å². The molecule has 0 bridgehead atoms. The third kappa shape index (κ3) is 4.43. The molecular formula is C20H27N5O3. The van der Waals surface area contributed by atoms with Crippen LogP contribution in [-0.4, -0.2) is 38.6 Å². The molecule has 0 saturated heterocycles. The summed E-state index contributed by atoms with van der Waals surface area (Å²) in [5, 5.41) is 7.00. The van der Waals surface area contributed by atoms with Gasteiger partial charge in [0, 0.05) is 7.05 Å². The van der Waals surface area contributed by atoms with Crippen molar-refractivity contribution in [2.24, 2.45) is 13.0 Å². The van der Waals surface area contributed by atoms with Gasteiger partial charge in [-0.05, 0) is 51.4 Å². The second kappa shape index (κ2) is 8.16. The molecule has 1 N–H and O–H groups in total. The molecule has 4 rings (SSSR count). The van der Waals surface area contributed by atoms with E-state index in [0.29, 0.717) is 29.7 Å². The van der Waals surface area contributed by atoms with E-state index in [0.717, 1.165) is 37.1 Å². The predicted octanol–water partition coefficient (Wildman–Crippen LogP) is 3.86. The number of nitrogens with zero attached hydrogens (tertiary/aromatic N) is 4. The van der Waals surface area contributed by atoms with E-state index in [1.165, 1.54) is 19.3 Å². The van der Waals surface area contributed by atoms with Gasteiger partial charge in [0.2, 0.25) is 0 Å². The van der Waals surface area contributed by atoms with Crippen LogP contribution in [0, 0.1) is 12.8 Å². The minimum absolute atomic E-state index is 0.249. The minimum Gasteiger partial charge on any atom is -0.487 e. The molecule has 2 aliphatic rings. The van der Waals surface area contributed by atoms with Crippen LogP contribution in [0.25, 0.3) is 11.4 Å². The lowest BCUT2D eigenvalue weighted by molar-refractivity contribution is 0.152. The highest BCUT2D eigenvalue weighted by atomic mass is 16.5. The average Bonchev–Trinajstić information content (AvgIpc) is 3.46. The molecule has 0 radical (unpaired) electrons. The van der Waals surface area contributed by atoms with Gasteiger partial charge in [0.25, 0.3) is 0 Å². The standard InChI is InChI=1S/C20H27N5O3/c1-13-17(28-15-6-4-3-5-7-15)11-21-18(23-13)16-10-22-25(2)19(16)24-20(26)27-12-14-8-9-14/h10-11,14-15H,3-9,12H2,1-2H3,(H,24,26). The van der Waals surface area contributed by atoms with Gasteiger partial charge in [0.15, 0.2) is 11.6 Å². The van der Waals surface area contributed by atoms with Gasteiger partial charge in [-0.2, -0.15) is 5.10 Å². The molecule has 0 unspecified atom stereocenters. The van der Waals surface area contributed by atoms with Crippen LogP contribution < -0.4 is 10.1 Å². The number of carbonyl (C=O) groups excluding carboxylic acids is 1. The number of carbonyl (C=O) groups is 1. The third-order valence-corrected chi connectivity index (χ3v) is 5.33. The zero-order valence-electron chi connectivity index (χ0n) is 16.5. The first-order valence-corrected chi connectivity index (χ1v) is 10.1. The third-order valence-electron chi connectivity index (χ3n) is 5.33. The average molecular weight is 385 g/mol. The molecule has 8 heteroatoms. The Balaban J connectivity index is 1.47. The van der Waals surface area contributed by atoms with E-state index in [1.54, 1.807) is 24.1 Å². The summed E-state index contributed by atoms with van der Waals surface area (Å²) in [6, 6.07) is 0. The van der Waals surface area contributed by atoms with Crippen LogP contribution in [0.5, 0.6) is 5.75 Å². The predicted molar refractivity (Wildman–Crippen MR) is 104 cm³/mol. The van der Waals surface area contributed by atoms with Gasteiger partial charge in [-0.15, -0.1) is 0 Å². The lowest BCUT2D eigenvalue weighted by Crippen LogP contribution is -2.20. The fourth-order valence-corrected chi connectivity index (χ4v) is 3.42. The van der Waals surface area contributed by atoms with Crippen molar-refractivity contribution in [1.82, 2.24) is 19.7 Å². The summed E-state index contributed by atoms with van der Waals surface area (Å²) in [5.41, 5.74) is 1.43. The van der Waals surface area contributed by atoms with Crippen LogP contribution >= 0.6 is 0 Å². The maximum Gasteiger partial charge on any atom is 0.412 e. The smallest absolute Gasteiger partial charge is 0.412 e. The second-order valence-corrected chi connectivity index (χ2v) is 7.72. The molecule has 150 valence electrons. The summed E-state index contributed by atoms with van der Waals surface area (Å²) in [6.07, 6.45) is 11.3. The molecule has 8 nitrogen and oxygen atoms in total. The second-order valence-electron chi connectivity index (χ2n) is 7.72. The van der Waals surface area contributed by atoms with E-state index >= 15 is 0 Å². The SMILES string of the molecule is Cc1nc(-c2cnn(C)c2NC(=O)OCC2CC2)ncc1OC1CCCCC1. The summed E-state index contributed by atoms with van der Waals surface area (Å²) >= 11 is 0. The highest BCUT2D eigenvalue weighted by molar-refractivity contribution is 5.88. The maximum absolute atomic E-state index is 12.1. The van der Waals surface area contributed by atoms with Crippen molar-refractivity contribution in [1.29, 1.82) is 0 Å². The Morgan fingerprint density at radius 1 is 1.21 bits per heavy atom. The number of aryl methyl sites for hydroxylation is 2. The van der Waals surface area contributed by atoms with E-state index in [-0.39, 0.29) is 6.10 Å². The monoisotopic (exact) mass is 385 g/mol. The Hall–Kier alpha value is -2.64. The highest BCUT2D eigenvalue weighted by Gasteiger charge is 2.24. The summed E-state index contributed by atoms with van der Waals surface area (Å²) in [7, 11) is 1.76. The van der Waals surface area contributed by atoms with Crippen molar-refractivity contribution >= 4 is 11.9 Å². The van der Waals surface area contributed by atoms with E-state index in [4.69, 9.17) is 9.47 Å². The van der Waals surface area contributed by atoms with Crippen molar-refractivity contribution in [3.63, 3.8) is 0 Å². The molecule has 2 aliphatic carbocycles. The van der Waals surface area contributed by atoms with Gasteiger partial charge >= 0.3 is 6.09 Å². The van der Waals surface area contributed by atoms with E-state index < -0.39 is 6.09 Å². The van der Waals surface area contributed by atoms with Crippen LogP contribution in [0.1, 0.15) is 50.6 Å². The number of nitrogens with one attached hydrogen (secondary N) is 1. The molecule has 2 aromatic heterocycles. The zero-order valence-corrected chi connectivity index (χ0v) is 16.5. The Labute approximate surface area is 164 Å². The van der Waals surface area contributed by atoms with Crippen LogP contribution in [-0.2, 0) is 11.8 Å². The first kappa shape index (κ1) is 18.7. The Kier molecular flexibility index (Phi) is 5.45. The summed E-state index contributed by atoms with van der Waals surface area (Å²) in [5.74, 6) is 2.25. The van der Waals surface area contributed by atoms with Crippen molar-refractivity contribution in [3.8, 4) is 17.1 Å². The normalized spacial score (nSPS) is 17.4. The van der Waals surface area contributed by atoms with E-state index in [1.807, 2.05) is 6.92 Å². The van der Waals surface area contributed by atoms with Crippen molar-refractivity contribution in [2.75, 3.05) is 11.9 Å². The van der Waals surface area contributed by atoms with Crippen LogP contribution in [0.2, 0.25) is 0 Å². The van der Waals surface area contributed by atoms with Gasteiger partial charge in [-0.25, -0.2) is 14.8 Å². The zero-order chi connectivity index (χ0) is 19.5. The Bertz CT molecular complexity index is 840. The fraction of sp³-hybridized carbons (Fsp3) is 0.600. The van der Waals surface area contributed by atoms with Gasteiger partial charge in [-0.3, -0.25) is 10.00 Å². The number of anilines is 1. The number of aromatic nitrogens is 4. The van der Waals surface area contributed by atoms with Gasteiger partial charge < -0.3 is 9.47 Å². The minimum atomic E-state index is -0.481. The molecule has 2 heterocycles. The quantitative estimate of drug-likeness (QED) is 0.812. The van der Waals surface area contributed by atoms with Crippen molar-refractivity contribution < 1.29 is 14.3 Å². The van der Waals surface area contributed by atoms with Crippen LogP contribution in [0.3, 0.4) is 0 Å². The topological polar surface area (TPSA) is 91.2 Å². The van der Waals surface area contributed by atoms with Crippen molar-refractivity contribution in [2.45, 2.75) is 58.0 Å². The van der Waals surface area contributed by atoms with Gasteiger partial charge in [0.05, 0.1) is 36.4 Å². The maximum atomic E-state index is 12.1. The Morgan fingerprint density at radius 2 is 2.00 bits per heavy atom. The number of hydrogen-bond donors (Lipinski definition) is 1. The lowest BCUT2D eigenvalue weighted by Gasteiger charge is -2.23. The largest absolute Gasteiger partial charge is 0.487 e. The molecule has 2 aromatic rings. The number of rotatable bonds is 6. The van der Waals surface area contributed by atoms with E-state index in [2.05, 4.69) is 20.4 Å². The Morgan fingerprint density at radius 3 is 2.71 bits per heavy atom. The number of ether oxygens (including phenoxy) is 2. The van der Waals surface area contributed by atoms with Crippen molar-refractivity contribution in [3.05, 3.63) is 18.1 Å². The highest BCUT2D eigenvalue weighted by Crippen LogP contribution is 2.30. The molecule has 1 amide bonds. The molecule has 0 aromatic carbocycles. The molecule has 2 saturated carbocycles. The molecule has 0 atom stereocenters. The summed E-state index contributed by atoms with van der Waals surface area (Å²) in [6.45, 7) is 2.37. The molecular weight excluding hydrogens is 358 g/mol. The molecule has 0 aliphatic heterocycles. The first-order chi connectivity index (χ1) is 13.6. The number of hydrogen-bond acceptors (Lipinski definition) is 6. The number of amides is 1. The molecule has 2 fully saturated rings. The summed E-state index contributed by atoms with van der Waals surface area (Å²) in [4.78, 5) is 21.1. The molecule has 0 spiro atoms. The summed E-state index contributed by atoms with van der Waals surface area (Å²) < 4.78 is 12.9. The lowest BCUT2D eigenvalue weighted by atomic mass is 9.98. The van der Waals surface area contributed by atoms with E-state index in [9.17, 15) is 4.79 Å². The van der Waals surface area contributed by atoms with Gasteiger partial charge in [-0.1, -0.05) is 6.42 Å². The van der Waals surface area contributed by atoms with Crippen LogP contribution in [0.4, 0.5) is 10.6 Å².